The lowest BCUT2D eigenvalue weighted by atomic mass is 10.2. The van der Waals surface area contributed by atoms with E-state index in [2.05, 4.69) is 15.2 Å². The lowest BCUT2D eigenvalue weighted by Crippen LogP contribution is -2.23. The molecule has 1 aliphatic heterocycles. The maximum Gasteiger partial charge on any atom is 0.241 e. The van der Waals surface area contributed by atoms with Crippen molar-refractivity contribution in [3.8, 4) is 0 Å². The zero-order valence-electron chi connectivity index (χ0n) is 13.7. The number of nitrogens with zero attached hydrogens (tertiary/aromatic N) is 1. The lowest BCUT2D eigenvalue weighted by molar-refractivity contribution is -0.115. The number of sulfonamides is 1. The Morgan fingerprint density at radius 2 is 2.20 bits per heavy atom. The minimum Gasteiger partial charge on any atom is -0.360 e. The fourth-order valence-electron chi connectivity index (χ4n) is 2.43. The van der Waals surface area contributed by atoms with Crippen LogP contribution in [0.3, 0.4) is 0 Å². The van der Waals surface area contributed by atoms with Crippen LogP contribution in [0.4, 0.5) is 5.69 Å². The van der Waals surface area contributed by atoms with Crippen LogP contribution in [0, 0.1) is 0 Å². The van der Waals surface area contributed by atoms with Gasteiger partial charge < -0.3 is 9.84 Å². The van der Waals surface area contributed by atoms with Crippen LogP contribution in [-0.2, 0) is 27.8 Å². The van der Waals surface area contributed by atoms with Gasteiger partial charge in [-0.1, -0.05) is 18.5 Å². The van der Waals surface area contributed by atoms with Crippen LogP contribution >= 0.6 is 11.8 Å². The molecular weight excluding hydrogens is 362 g/mol. The molecule has 3 rings (SSSR count). The number of nitrogens with one attached hydrogen (secondary N) is 2. The molecule has 9 heteroatoms. The van der Waals surface area contributed by atoms with Crippen molar-refractivity contribution in [2.45, 2.75) is 42.5 Å². The second-order valence-electron chi connectivity index (χ2n) is 5.66. The third-order valence-corrected chi connectivity index (χ3v) is 6.15. The van der Waals surface area contributed by atoms with Gasteiger partial charge >= 0.3 is 0 Å². The summed E-state index contributed by atoms with van der Waals surface area (Å²) in [4.78, 5) is 12.6. The first-order chi connectivity index (χ1) is 12.0. The van der Waals surface area contributed by atoms with Crippen molar-refractivity contribution < 1.29 is 17.7 Å². The highest BCUT2D eigenvalue weighted by Gasteiger charge is 2.20. The molecule has 1 aromatic heterocycles. The summed E-state index contributed by atoms with van der Waals surface area (Å²) in [6.45, 7) is 2.06. The Balaban J connectivity index is 1.74. The van der Waals surface area contributed by atoms with Gasteiger partial charge in [-0.05, 0) is 24.6 Å². The summed E-state index contributed by atoms with van der Waals surface area (Å²) in [5, 5.41) is 6.64. The number of amides is 1. The number of anilines is 1. The van der Waals surface area contributed by atoms with E-state index in [-0.39, 0.29) is 17.3 Å². The van der Waals surface area contributed by atoms with Crippen LogP contribution < -0.4 is 10.0 Å². The Morgan fingerprint density at radius 3 is 3.00 bits per heavy atom. The van der Waals surface area contributed by atoms with Gasteiger partial charge in [0.15, 0.2) is 5.76 Å². The molecule has 0 spiro atoms. The van der Waals surface area contributed by atoms with Crippen molar-refractivity contribution in [2.24, 2.45) is 0 Å². The highest BCUT2D eigenvalue weighted by Crippen LogP contribution is 2.32. The molecule has 0 radical (unpaired) electrons. The fraction of sp³-hybridized carbons (Fsp3) is 0.375. The van der Waals surface area contributed by atoms with Gasteiger partial charge in [-0.2, -0.15) is 0 Å². The number of thioether (sulfide) groups is 1. The maximum atomic E-state index is 12.5. The van der Waals surface area contributed by atoms with E-state index in [0.29, 0.717) is 23.6 Å². The molecule has 1 aliphatic rings. The minimum atomic E-state index is -3.72. The van der Waals surface area contributed by atoms with Crippen LogP contribution in [0.1, 0.15) is 31.2 Å². The second-order valence-corrected chi connectivity index (χ2v) is 8.57. The van der Waals surface area contributed by atoms with Crippen molar-refractivity contribution in [3.05, 3.63) is 35.7 Å². The van der Waals surface area contributed by atoms with Gasteiger partial charge in [0, 0.05) is 23.1 Å². The summed E-state index contributed by atoms with van der Waals surface area (Å²) >= 11 is 1.53. The Bertz CT molecular complexity index is 877. The molecule has 134 valence electrons. The van der Waals surface area contributed by atoms with E-state index in [9.17, 15) is 13.2 Å². The van der Waals surface area contributed by atoms with Crippen molar-refractivity contribution in [1.82, 2.24) is 9.88 Å². The van der Waals surface area contributed by atoms with Gasteiger partial charge in [0.25, 0.3) is 0 Å². The highest BCUT2D eigenvalue weighted by molar-refractivity contribution is 7.99. The predicted octanol–water partition coefficient (Wildman–Crippen LogP) is 2.54. The van der Waals surface area contributed by atoms with Gasteiger partial charge in [-0.3, -0.25) is 4.79 Å². The second kappa shape index (κ2) is 7.59. The molecule has 1 aromatic carbocycles. The van der Waals surface area contributed by atoms with E-state index in [1.807, 2.05) is 6.92 Å². The van der Waals surface area contributed by atoms with Gasteiger partial charge in [0.05, 0.1) is 22.8 Å². The number of rotatable bonds is 6. The average Bonchev–Trinajstić information content (AvgIpc) is 2.93. The minimum absolute atomic E-state index is 0.0250. The van der Waals surface area contributed by atoms with Crippen LogP contribution in [0.5, 0.6) is 0 Å². The van der Waals surface area contributed by atoms with Crippen molar-refractivity contribution >= 4 is 33.4 Å². The molecule has 25 heavy (non-hydrogen) atoms. The van der Waals surface area contributed by atoms with E-state index in [1.54, 1.807) is 12.1 Å². The molecule has 0 atom stereocenters. The van der Waals surface area contributed by atoms with Gasteiger partial charge in [-0.25, -0.2) is 13.1 Å². The van der Waals surface area contributed by atoms with E-state index < -0.39 is 10.0 Å². The number of fused-ring (bicyclic) bond motifs is 1. The van der Waals surface area contributed by atoms with Crippen molar-refractivity contribution in [1.29, 1.82) is 0 Å². The molecule has 2 N–H and O–H groups in total. The molecule has 7 nitrogen and oxygen atoms in total. The molecule has 2 aromatic rings. The number of carbonyl (C=O) groups is 1. The smallest absolute Gasteiger partial charge is 0.241 e. The van der Waals surface area contributed by atoms with E-state index in [4.69, 9.17) is 4.52 Å². The summed E-state index contributed by atoms with van der Waals surface area (Å²) < 4.78 is 32.6. The molecule has 0 saturated carbocycles. The number of aromatic nitrogens is 1. The van der Waals surface area contributed by atoms with Crippen molar-refractivity contribution in [2.75, 3.05) is 11.1 Å². The Hall–Kier alpha value is -1.84. The Kier molecular flexibility index (Phi) is 5.45. The topological polar surface area (TPSA) is 101 Å². The standard InChI is InChI=1S/C16H19N3O4S2/c1-2-3-11-8-12(23-19-11)10-17-25(21,22)13-4-5-15-14(9-13)18-16(20)6-7-24-15/h4-5,8-9,17H,2-3,6-7,10H2,1H3,(H,18,20). The molecule has 0 aliphatic carbocycles. The van der Waals surface area contributed by atoms with Crippen LogP contribution in [0.2, 0.25) is 0 Å². The Labute approximate surface area is 150 Å². The maximum absolute atomic E-state index is 12.5. The summed E-state index contributed by atoms with van der Waals surface area (Å²) in [6.07, 6.45) is 2.14. The molecule has 0 saturated heterocycles. The summed E-state index contributed by atoms with van der Waals surface area (Å²) in [6, 6.07) is 6.49. The normalized spacial score (nSPS) is 14.7. The Morgan fingerprint density at radius 1 is 1.36 bits per heavy atom. The van der Waals surface area contributed by atoms with E-state index in [1.165, 1.54) is 23.9 Å². The third kappa shape index (κ3) is 4.42. The van der Waals surface area contributed by atoms with Crippen LogP contribution in [-0.4, -0.2) is 25.2 Å². The number of aryl methyl sites for hydroxylation is 1. The zero-order chi connectivity index (χ0) is 17.9. The van der Waals surface area contributed by atoms with Crippen LogP contribution in [0.25, 0.3) is 0 Å². The number of benzene rings is 1. The quantitative estimate of drug-likeness (QED) is 0.797. The number of hydrogen-bond acceptors (Lipinski definition) is 6. The first-order valence-corrected chi connectivity index (χ1v) is 10.5. The lowest BCUT2D eigenvalue weighted by Gasteiger charge is -2.10. The fourth-order valence-corrected chi connectivity index (χ4v) is 4.38. The summed E-state index contributed by atoms with van der Waals surface area (Å²) in [7, 11) is -3.72. The third-order valence-electron chi connectivity index (χ3n) is 3.67. The molecule has 0 fully saturated rings. The average molecular weight is 381 g/mol. The first-order valence-electron chi connectivity index (χ1n) is 7.99. The number of hydrogen-bond donors (Lipinski definition) is 2. The van der Waals surface area contributed by atoms with Crippen LogP contribution in [0.15, 0.2) is 38.6 Å². The molecule has 2 heterocycles. The molecule has 0 bridgehead atoms. The SMILES string of the molecule is CCCc1cc(CNS(=O)(=O)c2ccc3c(c2)NC(=O)CCS3)on1. The monoisotopic (exact) mass is 381 g/mol. The molecule has 1 amide bonds. The van der Waals surface area contributed by atoms with E-state index >= 15 is 0 Å². The zero-order valence-corrected chi connectivity index (χ0v) is 15.4. The van der Waals surface area contributed by atoms with Gasteiger partial charge in [0.2, 0.25) is 15.9 Å². The molecular formula is C16H19N3O4S2. The van der Waals surface area contributed by atoms with Gasteiger partial charge in [0.1, 0.15) is 0 Å². The number of carbonyl (C=O) groups excluding carboxylic acids is 1. The van der Waals surface area contributed by atoms with Gasteiger partial charge in [-0.15, -0.1) is 11.8 Å². The van der Waals surface area contributed by atoms with Crippen molar-refractivity contribution in [3.63, 3.8) is 0 Å². The summed E-state index contributed by atoms with van der Waals surface area (Å²) in [5.41, 5.74) is 1.33. The summed E-state index contributed by atoms with van der Waals surface area (Å²) in [5.74, 6) is 1.03. The first kappa shape index (κ1) is 18.0. The molecule has 0 unspecified atom stereocenters. The highest BCUT2D eigenvalue weighted by atomic mass is 32.2. The largest absolute Gasteiger partial charge is 0.360 e. The predicted molar refractivity (Wildman–Crippen MR) is 94.9 cm³/mol. The van der Waals surface area contributed by atoms with E-state index in [0.717, 1.165) is 23.4 Å².